The third-order valence-corrected chi connectivity index (χ3v) is 6.83. The number of benzene rings is 1. The van der Waals surface area contributed by atoms with Crippen molar-refractivity contribution in [2.24, 2.45) is 0 Å². The Morgan fingerprint density at radius 1 is 0.719 bits per heavy atom. The molecule has 2 amide bonds. The minimum absolute atomic E-state index is 0.114. The highest BCUT2D eigenvalue weighted by Gasteiger charge is 2.18. The molecule has 170 valence electrons. The number of thiophene rings is 2. The van der Waals surface area contributed by atoms with E-state index in [2.05, 4.69) is 43.3 Å². The molecule has 0 aliphatic carbocycles. The summed E-state index contributed by atoms with van der Waals surface area (Å²) in [7, 11) is 8.00. The summed E-state index contributed by atoms with van der Waals surface area (Å²) in [6.07, 6.45) is 0. The lowest BCUT2D eigenvalue weighted by Gasteiger charge is -2.24. The molecule has 0 aliphatic rings. The van der Waals surface area contributed by atoms with Crippen LogP contribution in [-0.4, -0.2) is 62.9 Å². The Labute approximate surface area is 197 Å². The van der Waals surface area contributed by atoms with Gasteiger partial charge in [-0.1, -0.05) is 0 Å². The molecule has 2 N–H and O–H groups in total. The number of carbonyl (C=O) groups excluding carboxylic acids is 2. The van der Waals surface area contributed by atoms with Crippen LogP contribution in [0.1, 0.15) is 43.9 Å². The summed E-state index contributed by atoms with van der Waals surface area (Å²) in [6.45, 7) is 1.03. The molecular weight excluding hydrogens is 440 g/mol. The van der Waals surface area contributed by atoms with Gasteiger partial charge in [-0.05, 0) is 97.2 Å². The van der Waals surface area contributed by atoms with Gasteiger partial charge >= 0.3 is 0 Å². The maximum absolute atomic E-state index is 12.6. The highest BCUT2D eigenvalue weighted by atomic mass is 32.1. The third-order valence-electron chi connectivity index (χ3n) is 5.42. The molecular formula is C24H30N4O2S2. The number of likely N-dealkylation sites (N-methyl/N-ethyl adjacent to an activating group) is 2. The van der Waals surface area contributed by atoms with Gasteiger partial charge in [-0.25, -0.2) is 0 Å². The lowest BCUT2D eigenvalue weighted by atomic mass is 10.1. The molecule has 0 saturated carbocycles. The summed E-state index contributed by atoms with van der Waals surface area (Å²) < 4.78 is 0. The van der Waals surface area contributed by atoms with E-state index in [0.29, 0.717) is 24.2 Å². The lowest BCUT2D eigenvalue weighted by Crippen LogP contribution is -2.35. The van der Waals surface area contributed by atoms with E-state index in [0.717, 1.165) is 0 Å². The van der Waals surface area contributed by atoms with Gasteiger partial charge in [0.1, 0.15) is 0 Å². The van der Waals surface area contributed by atoms with Gasteiger partial charge in [0.05, 0.1) is 12.1 Å². The molecule has 0 saturated heterocycles. The third kappa shape index (κ3) is 6.26. The first-order valence-corrected chi connectivity index (χ1v) is 12.3. The van der Waals surface area contributed by atoms with Crippen LogP contribution < -0.4 is 10.6 Å². The SMILES string of the molecule is CN(C)C(CNC(=O)c1ccc(C(=O)NCC(c2ccsc2)N(C)C)cc1)c1ccsc1. The van der Waals surface area contributed by atoms with E-state index in [1.165, 1.54) is 11.1 Å². The van der Waals surface area contributed by atoms with Gasteiger partial charge < -0.3 is 20.4 Å². The topological polar surface area (TPSA) is 64.7 Å². The molecule has 0 radical (unpaired) electrons. The van der Waals surface area contributed by atoms with E-state index < -0.39 is 0 Å². The predicted octanol–water partition coefficient (Wildman–Crippen LogP) is 3.88. The van der Waals surface area contributed by atoms with E-state index in [-0.39, 0.29) is 23.9 Å². The second-order valence-electron chi connectivity index (χ2n) is 8.07. The smallest absolute Gasteiger partial charge is 0.251 e. The Hall–Kier alpha value is -2.52. The Morgan fingerprint density at radius 3 is 1.38 bits per heavy atom. The van der Waals surface area contributed by atoms with E-state index in [1.54, 1.807) is 46.9 Å². The first-order chi connectivity index (χ1) is 15.4. The molecule has 0 bridgehead atoms. The van der Waals surface area contributed by atoms with Gasteiger partial charge in [-0.15, -0.1) is 0 Å². The average molecular weight is 471 g/mol. The fourth-order valence-electron chi connectivity index (χ4n) is 3.48. The van der Waals surface area contributed by atoms with Crippen molar-refractivity contribution in [2.75, 3.05) is 41.3 Å². The highest BCUT2D eigenvalue weighted by molar-refractivity contribution is 7.08. The van der Waals surface area contributed by atoms with Crippen LogP contribution in [0, 0.1) is 0 Å². The van der Waals surface area contributed by atoms with Gasteiger partial charge in [-0.2, -0.15) is 22.7 Å². The van der Waals surface area contributed by atoms with Crippen LogP contribution in [0.15, 0.2) is 57.9 Å². The van der Waals surface area contributed by atoms with Crippen molar-refractivity contribution in [3.63, 3.8) is 0 Å². The van der Waals surface area contributed by atoms with Gasteiger partial charge in [0, 0.05) is 24.2 Å². The van der Waals surface area contributed by atoms with E-state index in [4.69, 9.17) is 0 Å². The average Bonchev–Trinajstić information content (AvgIpc) is 3.48. The number of hydrogen-bond donors (Lipinski definition) is 2. The van der Waals surface area contributed by atoms with Crippen molar-refractivity contribution in [3.05, 3.63) is 80.2 Å². The second-order valence-corrected chi connectivity index (χ2v) is 9.63. The van der Waals surface area contributed by atoms with Crippen molar-refractivity contribution in [1.29, 1.82) is 0 Å². The van der Waals surface area contributed by atoms with Crippen LogP contribution in [-0.2, 0) is 0 Å². The largest absolute Gasteiger partial charge is 0.350 e. The molecule has 0 spiro atoms. The molecule has 2 aromatic heterocycles. The number of carbonyl (C=O) groups is 2. The fraction of sp³-hybridized carbons (Fsp3) is 0.333. The highest BCUT2D eigenvalue weighted by Crippen LogP contribution is 2.21. The zero-order valence-electron chi connectivity index (χ0n) is 18.9. The molecule has 6 nitrogen and oxygen atoms in total. The number of amides is 2. The first kappa shape index (κ1) is 24.1. The molecule has 2 heterocycles. The number of rotatable bonds is 10. The van der Waals surface area contributed by atoms with Crippen molar-refractivity contribution < 1.29 is 9.59 Å². The summed E-state index contributed by atoms with van der Waals surface area (Å²) in [6, 6.07) is 11.2. The maximum Gasteiger partial charge on any atom is 0.251 e. The Bertz CT molecular complexity index is 902. The molecule has 32 heavy (non-hydrogen) atoms. The van der Waals surface area contributed by atoms with Crippen molar-refractivity contribution in [2.45, 2.75) is 12.1 Å². The summed E-state index contributed by atoms with van der Waals surface area (Å²) in [5, 5.41) is 14.3. The first-order valence-electron chi connectivity index (χ1n) is 10.4. The standard InChI is InChI=1S/C24H30N4O2S2/c1-27(2)21(19-9-11-31-15-19)13-25-23(29)17-5-7-18(8-6-17)24(30)26-14-22(28(3)4)20-10-12-32-16-20/h5-12,15-16,21-22H,13-14H2,1-4H3,(H,25,29)(H,26,30). The van der Waals surface area contributed by atoms with Crippen molar-refractivity contribution >= 4 is 34.5 Å². The maximum atomic E-state index is 12.6. The Morgan fingerprint density at radius 2 is 1.09 bits per heavy atom. The van der Waals surface area contributed by atoms with Crippen LogP contribution in [0.25, 0.3) is 0 Å². The van der Waals surface area contributed by atoms with Crippen LogP contribution in [0.2, 0.25) is 0 Å². The van der Waals surface area contributed by atoms with Gasteiger partial charge in [-0.3, -0.25) is 9.59 Å². The van der Waals surface area contributed by atoms with Gasteiger partial charge in [0.2, 0.25) is 0 Å². The summed E-state index contributed by atoms with van der Waals surface area (Å²) in [5.41, 5.74) is 3.44. The van der Waals surface area contributed by atoms with E-state index in [1.807, 2.05) is 39.0 Å². The summed E-state index contributed by atoms with van der Waals surface area (Å²) in [5.74, 6) is -0.298. The minimum atomic E-state index is -0.149. The van der Waals surface area contributed by atoms with Crippen molar-refractivity contribution in [3.8, 4) is 0 Å². The molecule has 3 aromatic rings. The lowest BCUT2D eigenvalue weighted by molar-refractivity contribution is 0.0930. The molecule has 2 unspecified atom stereocenters. The number of hydrogen-bond acceptors (Lipinski definition) is 6. The normalized spacial score (nSPS) is 13.2. The second kappa shape index (κ2) is 11.4. The molecule has 1 aromatic carbocycles. The molecule has 8 heteroatoms. The quantitative estimate of drug-likeness (QED) is 0.472. The minimum Gasteiger partial charge on any atom is -0.350 e. The molecule has 2 atom stereocenters. The summed E-state index contributed by atoms with van der Waals surface area (Å²) in [4.78, 5) is 29.4. The molecule has 0 fully saturated rings. The van der Waals surface area contributed by atoms with Crippen LogP contribution in [0.5, 0.6) is 0 Å². The number of nitrogens with zero attached hydrogens (tertiary/aromatic N) is 2. The van der Waals surface area contributed by atoms with Gasteiger partial charge in [0.15, 0.2) is 0 Å². The molecule has 0 aliphatic heterocycles. The fourth-order valence-corrected chi connectivity index (χ4v) is 4.90. The molecule has 3 rings (SSSR count). The zero-order chi connectivity index (χ0) is 23.1. The summed E-state index contributed by atoms with van der Waals surface area (Å²) >= 11 is 3.29. The van der Waals surface area contributed by atoms with Crippen LogP contribution in [0.3, 0.4) is 0 Å². The van der Waals surface area contributed by atoms with Crippen molar-refractivity contribution in [1.82, 2.24) is 20.4 Å². The van der Waals surface area contributed by atoms with Crippen LogP contribution in [0.4, 0.5) is 0 Å². The Kier molecular flexibility index (Phi) is 8.58. The van der Waals surface area contributed by atoms with E-state index >= 15 is 0 Å². The zero-order valence-corrected chi connectivity index (χ0v) is 20.5. The number of nitrogens with one attached hydrogen (secondary N) is 2. The monoisotopic (exact) mass is 470 g/mol. The van der Waals surface area contributed by atoms with Crippen LogP contribution >= 0.6 is 22.7 Å². The van der Waals surface area contributed by atoms with Gasteiger partial charge in [0.25, 0.3) is 11.8 Å². The predicted molar refractivity (Wildman–Crippen MR) is 133 cm³/mol. The Balaban J connectivity index is 1.55. The van der Waals surface area contributed by atoms with E-state index in [9.17, 15) is 9.59 Å².